The first-order chi connectivity index (χ1) is 7.74. The van der Waals surface area contributed by atoms with E-state index in [0.717, 1.165) is 18.2 Å². The van der Waals surface area contributed by atoms with E-state index in [4.69, 9.17) is 10.5 Å². The van der Waals surface area contributed by atoms with Crippen LogP contribution in [0.5, 0.6) is 5.75 Å². The Morgan fingerprint density at radius 1 is 1.44 bits per heavy atom. The highest BCUT2D eigenvalue weighted by Crippen LogP contribution is 2.32. The van der Waals surface area contributed by atoms with Crippen LogP contribution in [0.4, 0.5) is 5.69 Å². The number of methoxy groups -OCH3 is 1. The van der Waals surface area contributed by atoms with E-state index in [1.807, 2.05) is 6.07 Å². The lowest BCUT2D eigenvalue weighted by Gasteiger charge is -2.22. The van der Waals surface area contributed by atoms with Crippen LogP contribution in [0.2, 0.25) is 0 Å². The van der Waals surface area contributed by atoms with E-state index in [2.05, 4.69) is 24.1 Å². The first kappa shape index (κ1) is 11.3. The lowest BCUT2D eigenvalue weighted by molar-refractivity contribution is 0.414. The predicted molar refractivity (Wildman–Crippen MR) is 66.9 cm³/mol. The van der Waals surface area contributed by atoms with Gasteiger partial charge in [-0.05, 0) is 30.4 Å². The number of hydrogen-bond donors (Lipinski definition) is 1. The molecule has 0 saturated heterocycles. The van der Waals surface area contributed by atoms with Crippen molar-refractivity contribution in [2.24, 2.45) is 11.7 Å². The molecule has 1 aromatic rings. The zero-order chi connectivity index (χ0) is 11.5. The van der Waals surface area contributed by atoms with Gasteiger partial charge >= 0.3 is 0 Å². The summed E-state index contributed by atoms with van der Waals surface area (Å²) in [5.74, 6) is 1.77. The van der Waals surface area contributed by atoms with E-state index in [9.17, 15) is 0 Å². The van der Waals surface area contributed by atoms with Gasteiger partial charge in [0.2, 0.25) is 0 Å². The van der Waals surface area contributed by atoms with Crippen molar-refractivity contribution in [2.75, 3.05) is 25.6 Å². The Kier molecular flexibility index (Phi) is 3.34. The van der Waals surface area contributed by atoms with Crippen molar-refractivity contribution in [2.45, 2.75) is 19.4 Å². The molecule has 0 bridgehead atoms. The Balaban J connectivity index is 2.20. The third-order valence-electron chi connectivity index (χ3n) is 3.15. The predicted octanol–water partition coefficient (Wildman–Crippen LogP) is 2.00. The molecule has 1 saturated carbocycles. The molecule has 0 aliphatic heterocycles. The number of ether oxygens (including phenoxy) is 1. The molecule has 1 aliphatic rings. The Bertz CT molecular complexity index is 361. The normalized spacial score (nSPS) is 14.9. The van der Waals surface area contributed by atoms with Gasteiger partial charge in [-0.15, -0.1) is 0 Å². The van der Waals surface area contributed by atoms with Gasteiger partial charge in [0.25, 0.3) is 0 Å². The molecule has 16 heavy (non-hydrogen) atoms. The summed E-state index contributed by atoms with van der Waals surface area (Å²) in [5.41, 5.74) is 8.15. The van der Waals surface area contributed by atoms with Crippen LogP contribution in [0.1, 0.15) is 18.4 Å². The lowest BCUT2D eigenvalue weighted by Crippen LogP contribution is -2.22. The highest BCUT2D eigenvalue weighted by Gasteiger charge is 2.23. The average molecular weight is 220 g/mol. The molecule has 0 amide bonds. The van der Waals surface area contributed by atoms with Crippen LogP contribution in [0.3, 0.4) is 0 Å². The maximum Gasteiger partial charge on any atom is 0.120 e. The van der Waals surface area contributed by atoms with Crippen molar-refractivity contribution in [3.8, 4) is 5.75 Å². The van der Waals surface area contributed by atoms with Crippen LogP contribution in [0.25, 0.3) is 0 Å². The highest BCUT2D eigenvalue weighted by atomic mass is 16.5. The average Bonchev–Trinajstić information content (AvgIpc) is 3.12. The number of anilines is 1. The van der Waals surface area contributed by atoms with Gasteiger partial charge in [-0.1, -0.05) is 6.07 Å². The molecule has 0 heterocycles. The van der Waals surface area contributed by atoms with E-state index in [1.54, 1.807) is 7.11 Å². The van der Waals surface area contributed by atoms with Gasteiger partial charge in [-0.25, -0.2) is 0 Å². The number of nitrogens with zero attached hydrogens (tertiary/aromatic N) is 1. The SMILES string of the molecule is COc1ccc(CN)c(N(C)CC2CC2)c1. The second kappa shape index (κ2) is 4.74. The van der Waals surface area contributed by atoms with Gasteiger partial charge in [-0.2, -0.15) is 0 Å². The molecule has 88 valence electrons. The fraction of sp³-hybridized carbons (Fsp3) is 0.538. The molecule has 0 unspecified atom stereocenters. The fourth-order valence-corrected chi connectivity index (χ4v) is 1.98. The molecule has 1 fully saturated rings. The number of rotatable bonds is 5. The molecular weight excluding hydrogens is 200 g/mol. The van der Waals surface area contributed by atoms with E-state index in [-0.39, 0.29) is 0 Å². The minimum atomic E-state index is 0.578. The molecule has 2 rings (SSSR count). The van der Waals surface area contributed by atoms with E-state index < -0.39 is 0 Å². The monoisotopic (exact) mass is 220 g/mol. The maximum absolute atomic E-state index is 5.76. The molecule has 0 aromatic heterocycles. The van der Waals surface area contributed by atoms with Gasteiger partial charge in [0, 0.05) is 31.9 Å². The second-order valence-corrected chi connectivity index (χ2v) is 4.52. The zero-order valence-electron chi connectivity index (χ0n) is 10.1. The fourth-order valence-electron chi connectivity index (χ4n) is 1.98. The maximum atomic E-state index is 5.76. The molecule has 1 aliphatic carbocycles. The standard InChI is InChI=1S/C13H20N2O/c1-15(9-10-3-4-10)13-7-12(16-2)6-5-11(13)8-14/h5-7,10H,3-4,8-9,14H2,1-2H3. The third-order valence-corrected chi connectivity index (χ3v) is 3.15. The van der Waals surface area contributed by atoms with Gasteiger partial charge in [0.05, 0.1) is 7.11 Å². The van der Waals surface area contributed by atoms with Gasteiger partial charge in [0.1, 0.15) is 5.75 Å². The largest absolute Gasteiger partial charge is 0.497 e. The summed E-state index contributed by atoms with van der Waals surface area (Å²) in [6.07, 6.45) is 2.73. The quantitative estimate of drug-likeness (QED) is 0.825. The first-order valence-corrected chi connectivity index (χ1v) is 5.82. The number of benzene rings is 1. The summed E-state index contributed by atoms with van der Waals surface area (Å²) in [7, 11) is 3.83. The van der Waals surface area contributed by atoms with Crippen molar-refractivity contribution >= 4 is 5.69 Å². The van der Waals surface area contributed by atoms with Crippen LogP contribution >= 0.6 is 0 Å². The number of nitrogens with two attached hydrogens (primary N) is 1. The van der Waals surface area contributed by atoms with Gasteiger partial charge < -0.3 is 15.4 Å². The summed E-state index contributed by atoms with van der Waals surface area (Å²) in [6, 6.07) is 6.10. The summed E-state index contributed by atoms with van der Waals surface area (Å²) in [6.45, 7) is 1.70. The number of hydrogen-bond acceptors (Lipinski definition) is 3. The molecule has 3 nitrogen and oxygen atoms in total. The molecule has 0 atom stereocenters. The lowest BCUT2D eigenvalue weighted by atomic mass is 10.1. The van der Waals surface area contributed by atoms with Crippen molar-refractivity contribution in [3.63, 3.8) is 0 Å². The molecule has 3 heteroatoms. The van der Waals surface area contributed by atoms with Crippen molar-refractivity contribution < 1.29 is 4.74 Å². The van der Waals surface area contributed by atoms with E-state index >= 15 is 0 Å². The minimum Gasteiger partial charge on any atom is -0.497 e. The van der Waals surface area contributed by atoms with Crippen molar-refractivity contribution in [3.05, 3.63) is 23.8 Å². The van der Waals surface area contributed by atoms with Crippen molar-refractivity contribution in [1.82, 2.24) is 0 Å². The Hall–Kier alpha value is -1.22. The van der Waals surface area contributed by atoms with E-state index in [0.29, 0.717) is 6.54 Å². The summed E-state index contributed by atoms with van der Waals surface area (Å²) < 4.78 is 5.26. The minimum absolute atomic E-state index is 0.578. The summed E-state index contributed by atoms with van der Waals surface area (Å²) in [4.78, 5) is 2.29. The third kappa shape index (κ3) is 2.47. The smallest absolute Gasteiger partial charge is 0.120 e. The van der Waals surface area contributed by atoms with Crippen LogP contribution in [-0.2, 0) is 6.54 Å². The molecule has 0 radical (unpaired) electrons. The van der Waals surface area contributed by atoms with Gasteiger partial charge in [0.15, 0.2) is 0 Å². The molecule has 1 aromatic carbocycles. The first-order valence-electron chi connectivity index (χ1n) is 5.82. The van der Waals surface area contributed by atoms with Crippen LogP contribution in [-0.4, -0.2) is 20.7 Å². The Morgan fingerprint density at radius 3 is 2.75 bits per heavy atom. The summed E-state index contributed by atoms with van der Waals surface area (Å²) in [5, 5.41) is 0. The van der Waals surface area contributed by atoms with Crippen molar-refractivity contribution in [1.29, 1.82) is 0 Å². The zero-order valence-corrected chi connectivity index (χ0v) is 10.1. The summed E-state index contributed by atoms with van der Waals surface area (Å²) >= 11 is 0. The van der Waals surface area contributed by atoms with Crippen LogP contribution in [0, 0.1) is 5.92 Å². The van der Waals surface area contributed by atoms with E-state index in [1.165, 1.54) is 24.1 Å². The van der Waals surface area contributed by atoms with Crippen LogP contribution < -0.4 is 15.4 Å². The Morgan fingerprint density at radius 2 is 2.19 bits per heavy atom. The Labute approximate surface area is 97.2 Å². The molecule has 2 N–H and O–H groups in total. The second-order valence-electron chi connectivity index (χ2n) is 4.52. The van der Waals surface area contributed by atoms with Crippen LogP contribution in [0.15, 0.2) is 18.2 Å². The topological polar surface area (TPSA) is 38.5 Å². The molecule has 0 spiro atoms. The molecular formula is C13H20N2O. The highest BCUT2D eigenvalue weighted by molar-refractivity contribution is 5.57. The van der Waals surface area contributed by atoms with Gasteiger partial charge in [-0.3, -0.25) is 0 Å².